The van der Waals surface area contributed by atoms with E-state index in [0.717, 1.165) is 38.3 Å². The number of rotatable bonds is 2. The van der Waals surface area contributed by atoms with Crippen LogP contribution < -0.4 is 5.32 Å². The van der Waals surface area contributed by atoms with Gasteiger partial charge in [-0.05, 0) is 65.0 Å². The zero-order valence-electron chi connectivity index (χ0n) is 10.4. The SMILES string of the molecule is Fc1cc(CN2CCC3(CCNC3)C2)ccc1Br. The normalized spacial score (nSPS) is 28.3. The van der Waals surface area contributed by atoms with Gasteiger partial charge in [0.15, 0.2) is 0 Å². The van der Waals surface area contributed by atoms with E-state index in [4.69, 9.17) is 0 Å². The highest BCUT2D eigenvalue weighted by Crippen LogP contribution is 2.36. The molecule has 2 nitrogen and oxygen atoms in total. The maximum absolute atomic E-state index is 13.5. The van der Waals surface area contributed by atoms with E-state index >= 15 is 0 Å². The largest absolute Gasteiger partial charge is 0.316 e. The van der Waals surface area contributed by atoms with E-state index in [1.165, 1.54) is 12.8 Å². The fourth-order valence-electron chi connectivity index (χ4n) is 3.20. The van der Waals surface area contributed by atoms with Gasteiger partial charge >= 0.3 is 0 Å². The van der Waals surface area contributed by atoms with Crippen LogP contribution in [0.1, 0.15) is 18.4 Å². The Bertz CT molecular complexity index is 443. The molecule has 2 aliphatic rings. The molecule has 3 rings (SSSR count). The van der Waals surface area contributed by atoms with Crippen LogP contribution in [0.25, 0.3) is 0 Å². The molecule has 1 N–H and O–H groups in total. The first-order chi connectivity index (χ1) is 8.67. The fraction of sp³-hybridized carbons (Fsp3) is 0.571. The topological polar surface area (TPSA) is 15.3 Å². The summed E-state index contributed by atoms with van der Waals surface area (Å²) in [7, 11) is 0. The van der Waals surface area contributed by atoms with Crippen molar-refractivity contribution in [3.63, 3.8) is 0 Å². The molecule has 0 saturated carbocycles. The van der Waals surface area contributed by atoms with Crippen molar-refractivity contribution < 1.29 is 4.39 Å². The molecule has 1 aromatic rings. The van der Waals surface area contributed by atoms with Crippen molar-refractivity contribution in [3.05, 3.63) is 34.1 Å². The number of benzene rings is 1. The molecule has 1 atom stereocenters. The van der Waals surface area contributed by atoms with Gasteiger partial charge in [0.25, 0.3) is 0 Å². The maximum atomic E-state index is 13.5. The number of nitrogens with one attached hydrogen (secondary N) is 1. The first-order valence-corrected chi connectivity index (χ1v) is 7.33. The van der Waals surface area contributed by atoms with Crippen LogP contribution in [0.15, 0.2) is 22.7 Å². The van der Waals surface area contributed by atoms with E-state index in [2.05, 4.69) is 26.1 Å². The van der Waals surface area contributed by atoms with Crippen LogP contribution in [0.3, 0.4) is 0 Å². The molecular weight excluding hydrogens is 295 g/mol. The van der Waals surface area contributed by atoms with Gasteiger partial charge in [0.05, 0.1) is 4.47 Å². The summed E-state index contributed by atoms with van der Waals surface area (Å²) in [6.07, 6.45) is 2.57. The smallest absolute Gasteiger partial charge is 0.137 e. The van der Waals surface area contributed by atoms with Crippen molar-refractivity contribution in [2.45, 2.75) is 19.4 Å². The Morgan fingerprint density at radius 3 is 3.00 bits per heavy atom. The van der Waals surface area contributed by atoms with Crippen LogP contribution in [-0.2, 0) is 6.54 Å². The molecule has 0 amide bonds. The molecule has 2 heterocycles. The van der Waals surface area contributed by atoms with Gasteiger partial charge < -0.3 is 5.32 Å². The molecule has 98 valence electrons. The van der Waals surface area contributed by atoms with Gasteiger partial charge in [0, 0.05) is 19.6 Å². The van der Waals surface area contributed by atoms with Crippen molar-refractivity contribution in [2.24, 2.45) is 5.41 Å². The monoisotopic (exact) mass is 312 g/mol. The number of hydrogen-bond acceptors (Lipinski definition) is 2. The lowest BCUT2D eigenvalue weighted by molar-refractivity contribution is 0.268. The van der Waals surface area contributed by atoms with Crippen molar-refractivity contribution in [1.82, 2.24) is 10.2 Å². The minimum atomic E-state index is -0.163. The molecule has 2 saturated heterocycles. The van der Waals surface area contributed by atoms with Crippen molar-refractivity contribution in [2.75, 3.05) is 26.2 Å². The summed E-state index contributed by atoms with van der Waals surface area (Å²) in [5.41, 5.74) is 1.56. The number of halogens is 2. The first-order valence-electron chi connectivity index (χ1n) is 6.54. The van der Waals surface area contributed by atoms with Crippen LogP contribution in [0.4, 0.5) is 4.39 Å². The fourth-order valence-corrected chi connectivity index (χ4v) is 3.45. The quantitative estimate of drug-likeness (QED) is 0.903. The molecule has 0 radical (unpaired) electrons. The molecule has 0 bridgehead atoms. The van der Waals surface area contributed by atoms with E-state index in [1.54, 1.807) is 12.1 Å². The van der Waals surface area contributed by atoms with Crippen LogP contribution >= 0.6 is 15.9 Å². The third-order valence-electron chi connectivity index (χ3n) is 4.24. The van der Waals surface area contributed by atoms with E-state index in [9.17, 15) is 4.39 Å². The minimum absolute atomic E-state index is 0.163. The summed E-state index contributed by atoms with van der Waals surface area (Å²) in [6, 6.07) is 5.45. The second kappa shape index (κ2) is 4.91. The summed E-state index contributed by atoms with van der Waals surface area (Å²) in [5.74, 6) is -0.163. The Kier molecular flexibility index (Phi) is 3.43. The van der Waals surface area contributed by atoms with Crippen LogP contribution in [0.5, 0.6) is 0 Å². The molecule has 4 heteroatoms. The Balaban J connectivity index is 1.65. The van der Waals surface area contributed by atoms with Gasteiger partial charge in [-0.15, -0.1) is 0 Å². The molecule has 1 spiro atoms. The average molecular weight is 313 g/mol. The number of hydrogen-bond donors (Lipinski definition) is 1. The molecule has 18 heavy (non-hydrogen) atoms. The second-order valence-electron chi connectivity index (χ2n) is 5.64. The summed E-state index contributed by atoms with van der Waals surface area (Å²) >= 11 is 3.19. The Hall–Kier alpha value is -0.450. The van der Waals surface area contributed by atoms with Crippen molar-refractivity contribution in [1.29, 1.82) is 0 Å². The van der Waals surface area contributed by atoms with E-state index < -0.39 is 0 Å². The first kappa shape index (κ1) is 12.6. The van der Waals surface area contributed by atoms with Crippen LogP contribution in [0, 0.1) is 11.2 Å². The summed E-state index contributed by atoms with van der Waals surface area (Å²) < 4.78 is 14.0. The Labute approximate surface area is 116 Å². The molecule has 1 unspecified atom stereocenters. The highest BCUT2D eigenvalue weighted by molar-refractivity contribution is 9.10. The predicted molar refractivity (Wildman–Crippen MR) is 73.9 cm³/mol. The molecule has 0 aromatic heterocycles. The van der Waals surface area contributed by atoms with Gasteiger partial charge in [-0.25, -0.2) is 4.39 Å². The lowest BCUT2D eigenvalue weighted by atomic mass is 9.86. The van der Waals surface area contributed by atoms with Crippen molar-refractivity contribution in [3.8, 4) is 0 Å². The van der Waals surface area contributed by atoms with Gasteiger partial charge in [0.1, 0.15) is 5.82 Å². The van der Waals surface area contributed by atoms with Gasteiger partial charge in [0.2, 0.25) is 0 Å². The molecule has 1 aromatic carbocycles. The highest BCUT2D eigenvalue weighted by atomic mass is 79.9. The van der Waals surface area contributed by atoms with Crippen LogP contribution in [0.2, 0.25) is 0 Å². The minimum Gasteiger partial charge on any atom is -0.316 e. The Morgan fingerprint density at radius 2 is 2.28 bits per heavy atom. The number of nitrogens with zero attached hydrogens (tertiary/aromatic N) is 1. The van der Waals surface area contributed by atoms with Gasteiger partial charge in [-0.1, -0.05) is 6.07 Å². The lowest BCUT2D eigenvalue weighted by Gasteiger charge is -2.22. The van der Waals surface area contributed by atoms with Crippen molar-refractivity contribution >= 4 is 15.9 Å². The molecule has 2 fully saturated rings. The zero-order valence-corrected chi connectivity index (χ0v) is 12.0. The zero-order chi connectivity index (χ0) is 12.6. The summed E-state index contributed by atoms with van der Waals surface area (Å²) in [4.78, 5) is 2.45. The average Bonchev–Trinajstić information content (AvgIpc) is 2.96. The van der Waals surface area contributed by atoms with Crippen LogP contribution in [-0.4, -0.2) is 31.1 Å². The standard InChI is InChI=1S/C14H18BrFN2/c15-12-2-1-11(7-13(12)16)8-18-6-4-14(10-18)3-5-17-9-14/h1-2,7,17H,3-6,8-10H2. The third-order valence-corrected chi connectivity index (χ3v) is 4.88. The van der Waals surface area contributed by atoms with Gasteiger partial charge in [-0.2, -0.15) is 0 Å². The maximum Gasteiger partial charge on any atom is 0.137 e. The van der Waals surface area contributed by atoms with E-state index in [0.29, 0.717) is 9.89 Å². The summed E-state index contributed by atoms with van der Waals surface area (Å²) in [6.45, 7) is 5.46. The third kappa shape index (κ3) is 2.46. The highest BCUT2D eigenvalue weighted by Gasteiger charge is 2.39. The van der Waals surface area contributed by atoms with Gasteiger partial charge in [-0.3, -0.25) is 4.90 Å². The van der Waals surface area contributed by atoms with E-state index in [1.807, 2.05) is 6.07 Å². The number of likely N-dealkylation sites (tertiary alicyclic amines) is 1. The molecule has 0 aliphatic carbocycles. The molecular formula is C14H18BrFN2. The Morgan fingerprint density at radius 1 is 1.39 bits per heavy atom. The lowest BCUT2D eigenvalue weighted by Crippen LogP contribution is -2.28. The second-order valence-corrected chi connectivity index (χ2v) is 6.49. The summed E-state index contributed by atoms with van der Waals surface area (Å²) in [5, 5.41) is 3.46. The predicted octanol–water partition coefficient (Wildman–Crippen LogP) is 2.77. The van der Waals surface area contributed by atoms with E-state index in [-0.39, 0.29) is 5.82 Å². The molecule has 2 aliphatic heterocycles.